The summed E-state index contributed by atoms with van der Waals surface area (Å²) in [6, 6.07) is 11.6. The lowest BCUT2D eigenvalue weighted by Gasteiger charge is -2.04. The van der Waals surface area contributed by atoms with E-state index in [1.807, 2.05) is 43.3 Å². The Bertz CT molecular complexity index is 786. The Hall–Kier alpha value is -2.60. The maximum Gasteiger partial charge on any atom is 0.230 e. The second-order valence-electron chi connectivity index (χ2n) is 4.80. The van der Waals surface area contributed by atoms with Crippen molar-refractivity contribution >= 4 is 22.4 Å². The van der Waals surface area contributed by atoms with Crippen molar-refractivity contribution in [2.24, 2.45) is 0 Å². The number of hydrogen-bond acceptors (Lipinski definition) is 5. The third-order valence-corrected chi connectivity index (χ3v) is 4.10. The number of aromatic nitrogens is 3. The van der Waals surface area contributed by atoms with Gasteiger partial charge in [0.1, 0.15) is 5.01 Å². The second-order valence-corrected chi connectivity index (χ2v) is 5.78. The molecule has 1 amide bonds. The van der Waals surface area contributed by atoms with Crippen molar-refractivity contribution < 1.29 is 4.79 Å². The van der Waals surface area contributed by atoms with Crippen molar-refractivity contribution in [2.75, 3.05) is 5.32 Å². The predicted molar refractivity (Wildman–Crippen MR) is 86.7 cm³/mol. The zero-order chi connectivity index (χ0) is 15.4. The molecule has 0 atom stereocenters. The van der Waals surface area contributed by atoms with Crippen LogP contribution in [-0.2, 0) is 11.2 Å². The van der Waals surface area contributed by atoms with Gasteiger partial charge in [0, 0.05) is 18.0 Å². The van der Waals surface area contributed by atoms with E-state index >= 15 is 0 Å². The largest absolute Gasteiger partial charge is 0.300 e. The highest BCUT2D eigenvalue weighted by atomic mass is 32.1. The number of carbonyl (C=O) groups is 1. The van der Waals surface area contributed by atoms with Gasteiger partial charge < -0.3 is 5.32 Å². The number of carbonyl (C=O) groups excluding carboxylic acids is 1. The lowest BCUT2D eigenvalue weighted by Crippen LogP contribution is -2.14. The molecule has 5 nitrogen and oxygen atoms in total. The molecule has 3 rings (SSSR count). The van der Waals surface area contributed by atoms with Gasteiger partial charge in [-0.05, 0) is 30.2 Å². The van der Waals surface area contributed by atoms with Crippen LogP contribution in [0.15, 0.2) is 48.8 Å². The Morgan fingerprint density at radius 2 is 1.91 bits per heavy atom. The molecule has 2 aromatic heterocycles. The lowest BCUT2D eigenvalue weighted by atomic mass is 10.1. The molecule has 0 aliphatic heterocycles. The van der Waals surface area contributed by atoms with E-state index in [1.165, 1.54) is 11.3 Å². The van der Waals surface area contributed by atoms with Gasteiger partial charge in [-0.2, -0.15) is 0 Å². The smallest absolute Gasteiger partial charge is 0.230 e. The molecule has 6 heteroatoms. The minimum atomic E-state index is -0.0910. The summed E-state index contributed by atoms with van der Waals surface area (Å²) in [6.07, 6.45) is 3.73. The number of anilines is 1. The van der Waals surface area contributed by atoms with Crippen LogP contribution < -0.4 is 5.32 Å². The highest BCUT2D eigenvalue weighted by molar-refractivity contribution is 7.18. The van der Waals surface area contributed by atoms with Gasteiger partial charge in [0.15, 0.2) is 0 Å². The van der Waals surface area contributed by atoms with E-state index in [0.29, 0.717) is 11.6 Å². The molecule has 0 aliphatic rings. The van der Waals surface area contributed by atoms with Crippen molar-refractivity contribution in [2.45, 2.75) is 13.3 Å². The Morgan fingerprint density at radius 3 is 2.68 bits per heavy atom. The highest BCUT2D eigenvalue weighted by Gasteiger charge is 2.10. The van der Waals surface area contributed by atoms with Crippen molar-refractivity contribution in [1.82, 2.24) is 15.2 Å². The van der Waals surface area contributed by atoms with E-state index in [4.69, 9.17) is 0 Å². The van der Waals surface area contributed by atoms with E-state index < -0.39 is 0 Å². The summed E-state index contributed by atoms with van der Waals surface area (Å²) in [7, 11) is 0. The lowest BCUT2D eigenvalue weighted by molar-refractivity contribution is -0.115. The molecule has 0 spiro atoms. The summed E-state index contributed by atoms with van der Waals surface area (Å²) < 4.78 is 0. The summed E-state index contributed by atoms with van der Waals surface area (Å²) >= 11 is 1.35. The van der Waals surface area contributed by atoms with Gasteiger partial charge in [-0.3, -0.25) is 9.78 Å². The maximum atomic E-state index is 12.1. The molecule has 0 bridgehead atoms. The van der Waals surface area contributed by atoms with E-state index in [1.54, 1.807) is 12.4 Å². The molecule has 0 unspecified atom stereocenters. The minimum Gasteiger partial charge on any atom is -0.300 e. The van der Waals surface area contributed by atoms with Gasteiger partial charge in [0.2, 0.25) is 11.0 Å². The first-order valence-electron chi connectivity index (χ1n) is 6.80. The Morgan fingerprint density at radius 1 is 1.14 bits per heavy atom. The first kappa shape index (κ1) is 14.3. The molecule has 0 radical (unpaired) electrons. The van der Waals surface area contributed by atoms with Gasteiger partial charge in [-0.15, -0.1) is 10.2 Å². The first-order valence-corrected chi connectivity index (χ1v) is 7.62. The fraction of sp³-hybridized carbons (Fsp3) is 0.125. The average molecular weight is 310 g/mol. The number of hydrogen-bond donors (Lipinski definition) is 1. The van der Waals surface area contributed by atoms with Crippen LogP contribution in [0.25, 0.3) is 10.6 Å². The van der Waals surface area contributed by atoms with Crippen LogP contribution in [-0.4, -0.2) is 21.1 Å². The molecule has 22 heavy (non-hydrogen) atoms. The van der Waals surface area contributed by atoms with Crippen LogP contribution in [0.4, 0.5) is 5.13 Å². The van der Waals surface area contributed by atoms with Crippen LogP contribution in [0, 0.1) is 6.92 Å². The maximum absolute atomic E-state index is 12.1. The van der Waals surface area contributed by atoms with Crippen molar-refractivity contribution in [3.63, 3.8) is 0 Å². The zero-order valence-electron chi connectivity index (χ0n) is 12.0. The highest BCUT2D eigenvalue weighted by Crippen LogP contribution is 2.25. The monoisotopic (exact) mass is 310 g/mol. The van der Waals surface area contributed by atoms with Crippen LogP contribution in [0.5, 0.6) is 0 Å². The van der Waals surface area contributed by atoms with Crippen molar-refractivity contribution in [3.05, 3.63) is 59.9 Å². The predicted octanol–water partition coefficient (Wildman–Crippen LogP) is 3.09. The first-order chi connectivity index (χ1) is 10.7. The standard InChI is InChI=1S/C16H14N4OS/c1-11-4-2-3-5-13(11)10-14(21)18-16-20-19-15(22-16)12-6-8-17-9-7-12/h2-9H,10H2,1H3,(H,18,20,21). The van der Waals surface area contributed by atoms with Crippen LogP contribution in [0.1, 0.15) is 11.1 Å². The summed E-state index contributed by atoms with van der Waals surface area (Å²) in [6.45, 7) is 2.00. The third-order valence-electron chi connectivity index (χ3n) is 3.21. The Kier molecular flexibility index (Phi) is 4.20. The minimum absolute atomic E-state index is 0.0910. The quantitative estimate of drug-likeness (QED) is 0.804. The van der Waals surface area contributed by atoms with Crippen LogP contribution in [0.3, 0.4) is 0 Å². The number of nitrogens with one attached hydrogen (secondary N) is 1. The fourth-order valence-electron chi connectivity index (χ4n) is 2.03. The van der Waals surface area contributed by atoms with Gasteiger partial charge in [0.25, 0.3) is 0 Å². The van der Waals surface area contributed by atoms with E-state index in [2.05, 4.69) is 20.5 Å². The van der Waals surface area contributed by atoms with Crippen molar-refractivity contribution in [1.29, 1.82) is 0 Å². The SMILES string of the molecule is Cc1ccccc1CC(=O)Nc1nnc(-c2ccncc2)s1. The molecular weight excluding hydrogens is 296 g/mol. The number of pyridine rings is 1. The Labute approximate surface area is 132 Å². The molecular formula is C16H14N4OS. The van der Waals surface area contributed by atoms with Gasteiger partial charge in [-0.25, -0.2) is 0 Å². The van der Waals surface area contributed by atoms with E-state index in [0.717, 1.165) is 21.7 Å². The summed E-state index contributed by atoms with van der Waals surface area (Å²) in [5.41, 5.74) is 3.05. The van der Waals surface area contributed by atoms with Gasteiger partial charge >= 0.3 is 0 Å². The van der Waals surface area contributed by atoms with Gasteiger partial charge in [-0.1, -0.05) is 35.6 Å². The zero-order valence-corrected chi connectivity index (χ0v) is 12.8. The van der Waals surface area contributed by atoms with Gasteiger partial charge in [0.05, 0.1) is 6.42 Å². The molecule has 0 saturated heterocycles. The summed E-state index contributed by atoms with van der Waals surface area (Å²) in [5, 5.41) is 12.2. The average Bonchev–Trinajstić information content (AvgIpc) is 2.99. The number of nitrogens with zero attached hydrogens (tertiary/aromatic N) is 3. The molecule has 110 valence electrons. The van der Waals surface area contributed by atoms with E-state index in [9.17, 15) is 4.79 Å². The fourth-order valence-corrected chi connectivity index (χ4v) is 2.80. The third kappa shape index (κ3) is 3.35. The number of rotatable bonds is 4. The molecule has 2 heterocycles. The Balaban J connectivity index is 1.68. The number of benzene rings is 1. The summed E-state index contributed by atoms with van der Waals surface area (Å²) in [5.74, 6) is -0.0910. The molecule has 0 fully saturated rings. The molecule has 1 aromatic carbocycles. The summed E-state index contributed by atoms with van der Waals surface area (Å²) in [4.78, 5) is 16.1. The second kappa shape index (κ2) is 6.44. The molecule has 1 N–H and O–H groups in total. The molecule has 0 saturated carbocycles. The number of aryl methyl sites for hydroxylation is 1. The normalized spacial score (nSPS) is 10.4. The van der Waals surface area contributed by atoms with Crippen LogP contribution in [0.2, 0.25) is 0 Å². The molecule has 0 aliphatic carbocycles. The van der Waals surface area contributed by atoms with Crippen LogP contribution >= 0.6 is 11.3 Å². The van der Waals surface area contributed by atoms with Crippen molar-refractivity contribution in [3.8, 4) is 10.6 Å². The van der Waals surface area contributed by atoms with E-state index in [-0.39, 0.29) is 5.91 Å². The molecule has 3 aromatic rings. The number of amides is 1. The topological polar surface area (TPSA) is 67.8 Å².